The van der Waals surface area contributed by atoms with Crippen molar-refractivity contribution in [1.29, 1.82) is 0 Å². The van der Waals surface area contributed by atoms with E-state index < -0.39 is 0 Å². The van der Waals surface area contributed by atoms with E-state index >= 15 is 0 Å². The molecule has 0 amide bonds. The number of halogens is 1. The minimum atomic E-state index is -0.147. The third-order valence-electron chi connectivity index (χ3n) is 3.35. The average Bonchev–Trinajstić information content (AvgIpc) is 2.17. The predicted octanol–water partition coefficient (Wildman–Crippen LogP) is 2.16. The Balaban J connectivity index is 2.06. The molecular weight excluding hydrogens is 186 g/mol. The molecule has 0 aromatic carbocycles. The number of carbonyl (C=O) groups excluding carboxylic acids is 1. The summed E-state index contributed by atoms with van der Waals surface area (Å²) in [5.74, 6) is 0. The standard InChI is InChI=1S/C10H16ClNO/c11-10(13)9-6-3-5-8-4-1-2-7-12(8)9/h8-9H,1-7H2. The minimum absolute atomic E-state index is 0.0284. The zero-order chi connectivity index (χ0) is 9.26. The quantitative estimate of drug-likeness (QED) is 0.606. The third kappa shape index (κ3) is 1.89. The Morgan fingerprint density at radius 1 is 1.15 bits per heavy atom. The number of piperidine rings is 2. The molecule has 2 saturated heterocycles. The van der Waals surface area contributed by atoms with E-state index in [2.05, 4.69) is 4.90 Å². The van der Waals surface area contributed by atoms with Crippen LogP contribution in [-0.2, 0) is 4.79 Å². The Hall–Kier alpha value is -0.0800. The van der Waals surface area contributed by atoms with Crippen LogP contribution < -0.4 is 0 Å². The molecule has 2 fully saturated rings. The highest BCUT2D eigenvalue weighted by Gasteiger charge is 2.35. The number of hydrogen-bond donors (Lipinski definition) is 0. The first kappa shape index (κ1) is 9.47. The lowest BCUT2D eigenvalue weighted by atomic mass is 9.89. The first-order valence-electron chi connectivity index (χ1n) is 5.24. The number of fused-ring (bicyclic) bond motifs is 1. The summed E-state index contributed by atoms with van der Waals surface area (Å²) in [4.78, 5) is 13.5. The lowest BCUT2D eigenvalue weighted by Gasteiger charge is -2.43. The van der Waals surface area contributed by atoms with E-state index in [1.54, 1.807) is 0 Å². The maximum Gasteiger partial charge on any atom is 0.238 e. The van der Waals surface area contributed by atoms with E-state index in [9.17, 15) is 4.79 Å². The van der Waals surface area contributed by atoms with Crippen molar-refractivity contribution >= 4 is 16.8 Å². The number of hydrogen-bond acceptors (Lipinski definition) is 2. The lowest BCUT2D eigenvalue weighted by Crippen LogP contribution is -2.51. The summed E-state index contributed by atoms with van der Waals surface area (Å²) in [7, 11) is 0. The molecule has 2 atom stereocenters. The van der Waals surface area contributed by atoms with E-state index in [0.717, 1.165) is 13.0 Å². The molecule has 3 heteroatoms. The monoisotopic (exact) mass is 201 g/mol. The lowest BCUT2D eigenvalue weighted by molar-refractivity contribution is -0.119. The summed E-state index contributed by atoms with van der Waals surface area (Å²) in [6, 6.07) is 0.677. The topological polar surface area (TPSA) is 20.3 Å². The number of carbonyl (C=O) groups is 1. The van der Waals surface area contributed by atoms with Crippen molar-refractivity contribution in [1.82, 2.24) is 4.90 Å². The molecule has 2 unspecified atom stereocenters. The van der Waals surface area contributed by atoms with Crippen LogP contribution in [0.3, 0.4) is 0 Å². The maximum absolute atomic E-state index is 11.2. The maximum atomic E-state index is 11.2. The van der Waals surface area contributed by atoms with Crippen molar-refractivity contribution in [3.8, 4) is 0 Å². The third-order valence-corrected chi connectivity index (χ3v) is 3.60. The van der Waals surface area contributed by atoms with Crippen molar-refractivity contribution in [3.05, 3.63) is 0 Å². The fourth-order valence-electron chi connectivity index (χ4n) is 2.70. The molecular formula is C10H16ClNO. The second kappa shape index (κ2) is 3.97. The molecule has 2 rings (SSSR count). The summed E-state index contributed by atoms with van der Waals surface area (Å²) in [5, 5.41) is -0.147. The van der Waals surface area contributed by atoms with Crippen LogP contribution in [0.25, 0.3) is 0 Å². The Morgan fingerprint density at radius 2 is 1.92 bits per heavy atom. The highest BCUT2D eigenvalue weighted by molar-refractivity contribution is 6.64. The average molecular weight is 202 g/mol. The highest BCUT2D eigenvalue weighted by atomic mass is 35.5. The molecule has 0 N–H and O–H groups in total. The van der Waals surface area contributed by atoms with Crippen LogP contribution in [0.15, 0.2) is 0 Å². The van der Waals surface area contributed by atoms with Crippen LogP contribution >= 0.6 is 11.6 Å². The van der Waals surface area contributed by atoms with Gasteiger partial charge in [-0.2, -0.15) is 0 Å². The van der Waals surface area contributed by atoms with Crippen LogP contribution in [0, 0.1) is 0 Å². The van der Waals surface area contributed by atoms with Crippen molar-refractivity contribution < 1.29 is 4.79 Å². The van der Waals surface area contributed by atoms with Crippen molar-refractivity contribution in [2.45, 2.75) is 50.6 Å². The van der Waals surface area contributed by atoms with Crippen molar-refractivity contribution in [3.63, 3.8) is 0 Å². The molecule has 0 spiro atoms. The van der Waals surface area contributed by atoms with E-state index in [0.29, 0.717) is 6.04 Å². The second-order valence-corrected chi connectivity index (χ2v) is 4.51. The van der Waals surface area contributed by atoms with Gasteiger partial charge in [0.05, 0.1) is 6.04 Å². The molecule has 0 aromatic rings. The van der Waals surface area contributed by atoms with Gasteiger partial charge in [0.25, 0.3) is 0 Å². The molecule has 0 saturated carbocycles. The van der Waals surface area contributed by atoms with Crippen LogP contribution in [0.1, 0.15) is 38.5 Å². The minimum Gasteiger partial charge on any atom is -0.290 e. The van der Waals surface area contributed by atoms with Gasteiger partial charge >= 0.3 is 0 Å². The Morgan fingerprint density at radius 3 is 2.69 bits per heavy atom. The fraction of sp³-hybridized carbons (Fsp3) is 0.900. The molecule has 74 valence electrons. The Bertz CT molecular complexity index is 205. The second-order valence-electron chi connectivity index (χ2n) is 4.14. The van der Waals surface area contributed by atoms with E-state index in [-0.39, 0.29) is 11.3 Å². The molecule has 2 heterocycles. The fourth-order valence-corrected chi connectivity index (χ4v) is 2.93. The van der Waals surface area contributed by atoms with Gasteiger partial charge in [-0.15, -0.1) is 0 Å². The molecule has 2 aliphatic rings. The van der Waals surface area contributed by atoms with Gasteiger partial charge in [0, 0.05) is 6.04 Å². The zero-order valence-corrected chi connectivity index (χ0v) is 8.59. The summed E-state index contributed by atoms with van der Waals surface area (Å²) in [6.45, 7) is 1.08. The first-order chi connectivity index (χ1) is 6.29. The summed E-state index contributed by atoms with van der Waals surface area (Å²) in [6.07, 6.45) is 7.23. The van der Waals surface area contributed by atoms with Gasteiger partial charge in [-0.3, -0.25) is 9.69 Å². The Kier molecular flexibility index (Phi) is 2.89. The highest BCUT2D eigenvalue weighted by Crippen LogP contribution is 2.30. The predicted molar refractivity (Wildman–Crippen MR) is 52.8 cm³/mol. The van der Waals surface area contributed by atoms with Gasteiger partial charge in [0.1, 0.15) is 0 Å². The molecule has 0 radical (unpaired) electrons. The zero-order valence-electron chi connectivity index (χ0n) is 7.84. The molecule has 0 aromatic heterocycles. The van der Waals surface area contributed by atoms with E-state index in [1.807, 2.05) is 0 Å². The van der Waals surface area contributed by atoms with Crippen molar-refractivity contribution in [2.75, 3.05) is 6.54 Å². The van der Waals surface area contributed by atoms with Gasteiger partial charge in [0.2, 0.25) is 5.24 Å². The number of nitrogens with zero attached hydrogens (tertiary/aromatic N) is 1. The molecule has 2 nitrogen and oxygen atoms in total. The molecule has 0 aliphatic carbocycles. The van der Waals surface area contributed by atoms with Crippen LogP contribution in [0.5, 0.6) is 0 Å². The van der Waals surface area contributed by atoms with Crippen LogP contribution in [-0.4, -0.2) is 28.8 Å². The first-order valence-corrected chi connectivity index (χ1v) is 5.62. The van der Waals surface area contributed by atoms with Gasteiger partial charge < -0.3 is 0 Å². The summed E-state index contributed by atoms with van der Waals surface area (Å²) >= 11 is 5.60. The normalized spacial score (nSPS) is 35.5. The van der Waals surface area contributed by atoms with Gasteiger partial charge in [-0.05, 0) is 50.2 Å². The number of rotatable bonds is 1. The molecule has 13 heavy (non-hydrogen) atoms. The molecule has 2 aliphatic heterocycles. The van der Waals surface area contributed by atoms with Crippen LogP contribution in [0.4, 0.5) is 0 Å². The SMILES string of the molecule is O=C(Cl)C1CCCC2CCCCN21. The van der Waals surface area contributed by atoms with Crippen LogP contribution in [0.2, 0.25) is 0 Å². The largest absolute Gasteiger partial charge is 0.290 e. The molecule has 0 bridgehead atoms. The van der Waals surface area contributed by atoms with Gasteiger partial charge in [-0.25, -0.2) is 0 Å². The summed E-state index contributed by atoms with van der Waals surface area (Å²) in [5.41, 5.74) is 0. The smallest absolute Gasteiger partial charge is 0.238 e. The summed E-state index contributed by atoms with van der Waals surface area (Å²) < 4.78 is 0. The van der Waals surface area contributed by atoms with Gasteiger partial charge in [0.15, 0.2) is 0 Å². The Labute approximate surface area is 84.2 Å². The van der Waals surface area contributed by atoms with E-state index in [4.69, 9.17) is 11.6 Å². The van der Waals surface area contributed by atoms with Gasteiger partial charge in [-0.1, -0.05) is 6.42 Å². The van der Waals surface area contributed by atoms with E-state index in [1.165, 1.54) is 32.1 Å². The van der Waals surface area contributed by atoms with Crippen molar-refractivity contribution in [2.24, 2.45) is 0 Å².